The van der Waals surface area contributed by atoms with E-state index >= 15 is 0 Å². The van der Waals surface area contributed by atoms with Gasteiger partial charge in [0, 0.05) is 13.1 Å². The van der Waals surface area contributed by atoms with Crippen LogP contribution in [-0.2, 0) is 11.2 Å². The summed E-state index contributed by atoms with van der Waals surface area (Å²) in [7, 11) is 2.09. The van der Waals surface area contributed by atoms with E-state index in [4.69, 9.17) is 4.74 Å². The van der Waals surface area contributed by atoms with Gasteiger partial charge in [-0.3, -0.25) is 4.79 Å². The Morgan fingerprint density at radius 2 is 2.09 bits per heavy atom. The number of aryl methyl sites for hydroxylation is 1. The van der Waals surface area contributed by atoms with E-state index in [1.807, 2.05) is 26.0 Å². The van der Waals surface area contributed by atoms with Gasteiger partial charge in [0.1, 0.15) is 5.75 Å². The summed E-state index contributed by atoms with van der Waals surface area (Å²) in [5.74, 6) is 1.30. The summed E-state index contributed by atoms with van der Waals surface area (Å²) < 4.78 is 5.64. The first-order valence-electron chi connectivity index (χ1n) is 8.76. The zero-order valence-corrected chi connectivity index (χ0v) is 14.7. The number of amides is 1. The summed E-state index contributed by atoms with van der Waals surface area (Å²) in [6.45, 7) is 6.81. The summed E-state index contributed by atoms with van der Waals surface area (Å²) in [6, 6.07) is 8.25. The van der Waals surface area contributed by atoms with Crippen LogP contribution in [0.2, 0.25) is 0 Å². The second kappa shape index (κ2) is 8.92. The number of rotatable bonds is 7. The van der Waals surface area contributed by atoms with Crippen LogP contribution in [0.25, 0.3) is 0 Å². The Morgan fingerprint density at radius 1 is 1.35 bits per heavy atom. The van der Waals surface area contributed by atoms with Crippen molar-refractivity contribution in [2.24, 2.45) is 5.92 Å². The van der Waals surface area contributed by atoms with Gasteiger partial charge in [-0.2, -0.15) is 0 Å². The Bertz CT molecular complexity index is 485. The highest BCUT2D eigenvalue weighted by atomic mass is 16.5. The molecule has 0 spiro atoms. The molecule has 1 atom stereocenters. The number of carbonyl (C=O) groups excluding carboxylic acids is 1. The first-order chi connectivity index (χ1) is 11.0. The van der Waals surface area contributed by atoms with Gasteiger partial charge >= 0.3 is 0 Å². The fraction of sp³-hybridized carbons (Fsp3) is 0.632. The van der Waals surface area contributed by atoms with Crippen molar-refractivity contribution in [3.63, 3.8) is 0 Å². The molecule has 0 aromatic heterocycles. The van der Waals surface area contributed by atoms with Gasteiger partial charge in [-0.05, 0) is 70.8 Å². The van der Waals surface area contributed by atoms with E-state index in [0.29, 0.717) is 0 Å². The molecular weight excluding hydrogens is 288 g/mol. The Hall–Kier alpha value is -1.55. The van der Waals surface area contributed by atoms with Crippen LogP contribution in [0.1, 0.15) is 38.7 Å². The molecule has 0 saturated carbocycles. The van der Waals surface area contributed by atoms with Crippen LogP contribution in [-0.4, -0.2) is 43.6 Å². The van der Waals surface area contributed by atoms with Crippen molar-refractivity contribution in [3.8, 4) is 5.75 Å². The summed E-state index contributed by atoms with van der Waals surface area (Å²) in [5.41, 5.74) is 1.28. The fourth-order valence-electron chi connectivity index (χ4n) is 3.04. The molecule has 1 heterocycles. The smallest absolute Gasteiger partial charge is 0.224 e. The van der Waals surface area contributed by atoms with Crippen LogP contribution in [0.5, 0.6) is 5.75 Å². The first-order valence-corrected chi connectivity index (χ1v) is 8.76. The van der Waals surface area contributed by atoms with Gasteiger partial charge in [-0.15, -0.1) is 0 Å². The standard InChI is InChI=1S/C19H30N2O2/c1-15(2)23-18-10-8-16(9-11-18)6-4-12-20-19(22)17-7-5-13-21(3)14-17/h8-11,15,17H,4-7,12-14H2,1-3H3,(H,20,22)/t17-/m1/s1. The van der Waals surface area contributed by atoms with Crippen molar-refractivity contribution in [1.29, 1.82) is 0 Å². The van der Waals surface area contributed by atoms with Crippen molar-refractivity contribution < 1.29 is 9.53 Å². The van der Waals surface area contributed by atoms with Gasteiger partial charge in [0.25, 0.3) is 0 Å². The molecule has 2 rings (SSSR count). The topological polar surface area (TPSA) is 41.6 Å². The number of benzene rings is 1. The van der Waals surface area contributed by atoms with Gasteiger partial charge in [-0.25, -0.2) is 0 Å². The summed E-state index contributed by atoms with van der Waals surface area (Å²) in [4.78, 5) is 14.4. The second-order valence-corrected chi connectivity index (χ2v) is 6.81. The molecule has 1 saturated heterocycles. The fourth-order valence-corrected chi connectivity index (χ4v) is 3.04. The Morgan fingerprint density at radius 3 is 2.74 bits per heavy atom. The molecule has 0 unspecified atom stereocenters. The van der Waals surface area contributed by atoms with Crippen LogP contribution in [0.15, 0.2) is 24.3 Å². The zero-order chi connectivity index (χ0) is 16.7. The molecule has 0 bridgehead atoms. The predicted octanol–water partition coefficient (Wildman–Crippen LogP) is 2.86. The third-order valence-corrected chi connectivity index (χ3v) is 4.23. The van der Waals surface area contributed by atoms with E-state index < -0.39 is 0 Å². The maximum absolute atomic E-state index is 12.1. The molecule has 1 amide bonds. The Labute approximate surface area is 140 Å². The largest absolute Gasteiger partial charge is 0.491 e. The Balaban J connectivity index is 1.65. The number of ether oxygens (including phenoxy) is 1. The lowest BCUT2D eigenvalue weighted by Gasteiger charge is -2.28. The van der Waals surface area contributed by atoms with E-state index in [0.717, 1.165) is 51.1 Å². The molecule has 1 aliphatic heterocycles. The van der Waals surface area contributed by atoms with E-state index in [1.165, 1.54) is 5.56 Å². The highest BCUT2D eigenvalue weighted by Gasteiger charge is 2.23. The lowest BCUT2D eigenvalue weighted by molar-refractivity contribution is -0.126. The number of likely N-dealkylation sites (tertiary alicyclic amines) is 1. The number of hydrogen-bond donors (Lipinski definition) is 1. The van der Waals surface area contributed by atoms with E-state index in [1.54, 1.807) is 0 Å². The van der Waals surface area contributed by atoms with Gasteiger partial charge in [0.2, 0.25) is 5.91 Å². The van der Waals surface area contributed by atoms with Gasteiger partial charge in [0.05, 0.1) is 12.0 Å². The van der Waals surface area contributed by atoms with E-state index in [9.17, 15) is 4.79 Å². The summed E-state index contributed by atoms with van der Waals surface area (Å²) in [6.07, 6.45) is 4.30. The first kappa shape index (κ1) is 17.8. The average molecular weight is 318 g/mol. The van der Waals surface area contributed by atoms with Crippen LogP contribution in [0, 0.1) is 5.92 Å². The monoisotopic (exact) mass is 318 g/mol. The predicted molar refractivity (Wildman–Crippen MR) is 93.8 cm³/mol. The average Bonchev–Trinajstić information content (AvgIpc) is 2.52. The number of nitrogens with one attached hydrogen (secondary N) is 1. The molecule has 1 aromatic carbocycles. The molecule has 1 aliphatic rings. The molecule has 23 heavy (non-hydrogen) atoms. The third-order valence-electron chi connectivity index (χ3n) is 4.23. The molecule has 0 aliphatic carbocycles. The minimum Gasteiger partial charge on any atom is -0.491 e. The summed E-state index contributed by atoms with van der Waals surface area (Å²) >= 11 is 0. The number of nitrogens with zero attached hydrogens (tertiary/aromatic N) is 1. The molecule has 1 aromatic rings. The quantitative estimate of drug-likeness (QED) is 0.786. The second-order valence-electron chi connectivity index (χ2n) is 6.81. The normalized spacial score (nSPS) is 18.9. The molecule has 0 radical (unpaired) electrons. The maximum atomic E-state index is 12.1. The molecule has 1 N–H and O–H groups in total. The Kier molecular flexibility index (Phi) is 6.90. The SMILES string of the molecule is CC(C)Oc1ccc(CCCNC(=O)[C@@H]2CCCN(C)C2)cc1. The van der Waals surface area contributed by atoms with Crippen molar-refractivity contribution in [2.45, 2.75) is 45.6 Å². The van der Waals surface area contributed by atoms with Crippen LogP contribution < -0.4 is 10.1 Å². The minimum atomic E-state index is 0.168. The molecule has 4 heteroatoms. The number of carbonyl (C=O) groups is 1. The number of piperidine rings is 1. The number of hydrogen-bond acceptors (Lipinski definition) is 3. The minimum absolute atomic E-state index is 0.168. The van der Waals surface area contributed by atoms with E-state index in [-0.39, 0.29) is 17.9 Å². The van der Waals surface area contributed by atoms with Crippen LogP contribution in [0.3, 0.4) is 0 Å². The lowest BCUT2D eigenvalue weighted by Crippen LogP contribution is -2.41. The molecule has 1 fully saturated rings. The molecule has 4 nitrogen and oxygen atoms in total. The molecule has 128 valence electrons. The van der Waals surface area contributed by atoms with Crippen molar-refractivity contribution in [1.82, 2.24) is 10.2 Å². The molecular formula is C19H30N2O2. The van der Waals surface area contributed by atoms with Crippen molar-refractivity contribution in [3.05, 3.63) is 29.8 Å². The highest BCUT2D eigenvalue weighted by molar-refractivity contribution is 5.78. The third kappa shape index (κ3) is 6.22. The van der Waals surface area contributed by atoms with Gasteiger partial charge in [0.15, 0.2) is 0 Å². The van der Waals surface area contributed by atoms with Crippen LogP contribution >= 0.6 is 0 Å². The maximum Gasteiger partial charge on any atom is 0.224 e. The zero-order valence-electron chi connectivity index (χ0n) is 14.7. The van der Waals surface area contributed by atoms with Gasteiger partial charge < -0.3 is 15.0 Å². The van der Waals surface area contributed by atoms with Crippen LogP contribution in [0.4, 0.5) is 0 Å². The van der Waals surface area contributed by atoms with Gasteiger partial charge in [-0.1, -0.05) is 12.1 Å². The summed E-state index contributed by atoms with van der Waals surface area (Å²) in [5, 5.41) is 3.09. The van der Waals surface area contributed by atoms with Crippen molar-refractivity contribution in [2.75, 3.05) is 26.7 Å². The van der Waals surface area contributed by atoms with Crippen molar-refractivity contribution >= 4 is 5.91 Å². The van der Waals surface area contributed by atoms with E-state index in [2.05, 4.69) is 29.4 Å². The highest BCUT2D eigenvalue weighted by Crippen LogP contribution is 2.16. The lowest BCUT2D eigenvalue weighted by atomic mass is 9.97.